The van der Waals surface area contributed by atoms with E-state index in [9.17, 15) is 4.79 Å². The zero-order valence-corrected chi connectivity index (χ0v) is 8.24. The molecule has 0 saturated carbocycles. The number of rotatable bonds is 3. The maximum Gasteiger partial charge on any atom is 0.354 e. The van der Waals surface area contributed by atoms with Crippen molar-refractivity contribution >= 4 is 5.97 Å². The molecule has 74 valence electrons. The molecule has 1 heterocycles. The van der Waals surface area contributed by atoms with Crippen LogP contribution in [-0.2, 0) is 6.54 Å². The summed E-state index contributed by atoms with van der Waals surface area (Å²) >= 11 is 0. The maximum atomic E-state index is 10.8. The van der Waals surface area contributed by atoms with Crippen molar-refractivity contribution in [1.82, 2.24) is 9.55 Å². The fourth-order valence-corrected chi connectivity index (χ4v) is 1.21. The maximum absolute atomic E-state index is 10.8. The standard InChI is InChI=1S/C10H12N2O2/c1-3-4-5-6-12-8(2)11-7-9(12)10(13)14/h7H,5-6H2,1-2H3,(H,13,14). The highest BCUT2D eigenvalue weighted by atomic mass is 16.4. The van der Waals surface area contributed by atoms with E-state index >= 15 is 0 Å². The fourth-order valence-electron chi connectivity index (χ4n) is 1.21. The van der Waals surface area contributed by atoms with E-state index in [0.717, 1.165) is 0 Å². The molecule has 0 aliphatic rings. The summed E-state index contributed by atoms with van der Waals surface area (Å²) in [6.45, 7) is 4.12. The third-order valence-corrected chi connectivity index (χ3v) is 1.91. The molecule has 0 fully saturated rings. The lowest BCUT2D eigenvalue weighted by Gasteiger charge is -2.04. The van der Waals surface area contributed by atoms with Crippen LogP contribution in [0.1, 0.15) is 29.7 Å². The molecule has 1 N–H and O–H groups in total. The van der Waals surface area contributed by atoms with Crippen LogP contribution in [0.3, 0.4) is 0 Å². The molecule has 1 rings (SSSR count). The van der Waals surface area contributed by atoms with E-state index in [-0.39, 0.29) is 5.69 Å². The van der Waals surface area contributed by atoms with Gasteiger partial charge >= 0.3 is 5.97 Å². The van der Waals surface area contributed by atoms with Crippen LogP contribution in [0.5, 0.6) is 0 Å². The molecule has 1 aromatic rings. The Morgan fingerprint density at radius 1 is 1.71 bits per heavy atom. The molecule has 0 unspecified atom stereocenters. The highest BCUT2D eigenvalue weighted by molar-refractivity contribution is 5.85. The molecule has 0 saturated heterocycles. The Hall–Kier alpha value is -1.76. The second kappa shape index (κ2) is 4.47. The van der Waals surface area contributed by atoms with Crippen LogP contribution in [-0.4, -0.2) is 20.6 Å². The predicted molar refractivity (Wildman–Crippen MR) is 52.0 cm³/mol. The van der Waals surface area contributed by atoms with Crippen molar-refractivity contribution in [1.29, 1.82) is 0 Å². The first-order valence-electron chi connectivity index (χ1n) is 4.32. The quantitative estimate of drug-likeness (QED) is 0.734. The topological polar surface area (TPSA) is 55.1 Å². The lowest BCUT2D eigenvalue weighted by Crippen LogP contribution is -2.09. The predicted octanol–water partition coefficient (Wildman–Crippen LogP) is 1.30. The number of hydrogen-bond acceptors (Lipinski definition) is 2. The van der Waals surface area contributed by atoms with Gasteiger partial charge in [-0.2, -0.15) is 0 Å². The molecule has 0 radical (unpaired) electrons. The molecule has 0 atom stereocenters. The Balaban J connectivity index is 2.86. The highest BCUT2D eigenvalue weighted by Crippen LogP contribution is 2.05. The minimum atomic E-state index is -0.949. The first-order chi connectivity index (χ1) is 6.66. The molecule has 0 aliphatic heterocycles. The smallest absolute Gasteiger partial charge is 0.354 e. The van der Waals surface area contributed by atoms with Gasteiger partial charge in [-0.05, 0) is 13.8 Å². The van der Waals surface area contributed by atoms with E-state index in [0.29, 0.717) is 18.8 Å². The Labute approximate surface area is 82.6 Å². The number of nitrogens with zero attached hydrogens (tertiary/aromatic N) is 2. The molecule has 1 aromatic heterocycles. The lowest BCUT2D eigenvalue weighted by atomic mass is 10.4. The number of hydrogen-bond donors (Lipinski definition) is 1. The van der Waals surface area contributed by atoms with Gasteiger partial charge in [0.05, 0.1) is 6.20 Å². The van der Waals surface area contributed by atoms with Crippen molar-refractivity contribution in [2.45, 2.75) is 26.8 Å². The fraction of sp³-hybridized carbons (Fsp3) is 0.400. The second-order valence-electron chi connectivity index (χ2n) is 2.82. The van der Waals surface area contributed by atoms with E-state index < -0.39 is 5.97 Å². The summed E-state index contributed by atoms with van der Waals surface area (Å²) in [5, 5.41) is 8.84. The van der Waals surface area contributed by atoms with Gasteiger partial charge < -0.3 is 9.67 Å². The molecule has 0 spiro atoms. The number of aromatic carboxylic acids is 1. The first-order valence-corrected chi connectivity index (χ1v) is 4.32. The number of carbonyl (C=O) groups is 1. The zero-order valence-electron chi connectivity index (χ0n) is 8.24. The van der Waals surface area contributed by atoms with Crippen molar-refractivity contribution in [3.8, 4) is 11.8 Å². The Kier molecular flexibility index (Phi) is 3.29. The van der Waals surface area contributed by atoms with Gasteiger partial charge in [0.2, 0.25) is 0 Å². The summed E-state index contributed by atoms with van der Waals surface area (Å²) in [5.41, 5.74) is 0.223. The zero-order chi connectivity index (χ0) is 10.6. The minimum Gasteiger partial charge on any atom is -0.477 e. The van der Waals surface area contributed by atoms with Gasteiger partial charge in [-0.1, -0.05) is 0 Å². The Morgan fingerprint density at radius 3 is 3.00 bits per heavy atom. The monoisotopic (exact) mass is 192 g/mol. The Morgan fingerprint density at radius 2 is 2.43 bits per heavy atom. The average molecular weight is 192 g/mol. The third kappa shape index (κ3) is 2.13. The summed E-state index contributed by atoms with van der Waals surface area (Å²) in [7, 11) is 0. The van der Waals surface area contributed by atoms with Crippen LogP contribution in [0, 0.1) is 18.8 Å². The summed E-state index contributed by atoms with van der Waals surface area (Å²) in [6.07, 6.45) is 2.02. The summed E-state index contributed by atoms with van der Waals surface area (Å²) in [5.74, 6) is 5.42. The van der Waals surface area contributed by atoms with Crippen molar-refractivity contribution in [2.24, 2.45) is 0 Å². The summed E-state index contributed by atoms with van der Waals surface area (Å²) in [4.78, 5) is 14.7. The van der Waals surface area contributed by atoms with Gasteiger partial charge in [-0.25, -0.2) is 9.78 Å². The molecular formula is C10H12N2O2. The van der Waals surface area contributed by atoms with Gasteiger partial charge in [0, 0.05) is 13.0 Å². The van der Waals surface area contributed by atoms with Gasteiger partial charge in [-0.3, -0.25) is 0 Å². The normalized spacial score (nSPS) is 9.29. The molecule has 4 heteroatoms. The molecule has 0 bridgehead atoms. The van der Waals surface area contributed by atoms with E-state index in [2.05, 4.69) is 16.8 Å². The summed E-state index contributed by atoms with van der Waals surface area (Å²) in [6, 6.07) is 0. The number of aromatic nitrogens is 2. The molecule has 0 amide bonds. The van der Waals surface area contributed by atoms with Crippen LogP contribution < -0.4 is 0 Å². The van der Waals surface area contributed by atoms with Crippen molar-refractivity contribution in [2.75, 3.05) is 0 Å². The van der Waals surface area contributed by atoms with Crippen LogP contribution in [0.2, 0.25) is 0 Å². The van der Waals surface area contributed by atoms with Crippen molar-refractivity contribution < 1.29 is 9.90 Å². The van der Waals surface area contributed by atoms with E-state index in [1.54, 1.807) is 18.4 Å². The summed E-state index contributed by atoms with van der Waals surface area (Å²) < 4.78 is 1.66. The van der Waals surface area contributed by atoms with Gasteiger partial charge in [0.1, 0.15) is 11.5 Å². The van der Waals surface area contributed by atoms with Crippen molar-refractivity contribution in [3.05, 3.63) is 17.7 Å². The SMILES string of the molecule is CC#CCCn1c(C(=O)O)cnc1C. The first kappa shape index (κ1) is 10.3. The number of carboxylic acids is 1. The van der Waals surface area contributed by atoms with Crippen LogP contribution in [0.25, 0.3) is 0 Å². The van der Waals surface area contributed by atoms with E-state index in [1.807, 2.05) is 0 Å². The van der Waals surface area contributed by atoms with Gasteiger partial charge in [-0.15, -0.1) is 11.8 Å². The largest absolute Gasteiger partial charge is 0.477 e. The van der Waals surface area contributed by atoms with E-state index in [1.165, 1.54) is 6.20 Å². The van der Waals surface area contributed by atoms with Gasteiger partial charge in [0.15, 0.2) is 0 Å². The van der Waals surface area contributed by atoms with Crippen LogP contribution >= 0.6 is 0 Å². The molecular weight excluding hydrogens is 180 g/mol. The molecule has 0 aromatic carbocycles. The van der Waals surface area contributed by atoms with E-state index in [4.69, 9.17) is 5.11 Å². The molecule has 0 aliphatic carbocycles. The van der Waals surface area contributed by atoms with Crippen LogP contribution in [0.15, 0.2) is 6.20 Å². The number of imidazole rings is 1. The molecule has 14 heavy (non-hydrogen) atoms. The third-order valence-electron chi connectivity index (χ3n) is 1.91. The number of aryl methyl sites for hydroxylation is 1. The highest BCUT2D eigenvalue weighted by Gasteiger charge is 2.11. The lowest BCUT2D eigenvalue weighted by molar-refractivity contribution is 0.0684. The molecule has 4 nitrogen and oxygen atoms in total. The average Bonchev–Trinajstić information content (AvgIpc) is 2.48. The second-order valence-corrected chi connectivity index (χ2v) is 2.82. The Bertz CT molecular complexity index is 396. The van der Waals surface area contributed by atoms with Crippen LogP contribution in [0.4, 0.5) is 0 Å². The minimum absolute atomic E-state index is 0.223. The van der Waals surface area contributed by atoms with Gasteiger partial charge in [0.25, 0.3) is 0 Å². The van der Waals surface area contributed by atoms with Crippen molar-refractivity contribution in [3.63, 3.8) is 0 Å². The number of carboxylic acid groups (broad SMARTS) is 1.